The van der Waals surface area contributed by atoms with Crippen molar-refractivity contribution >= 4 is 57.9 Å². The SMILES string of the molecule is CCCCCCCCC=CCCCCCCCC(=O)OC(=O)CCC(=O)OS(=O)(=O)O.[NaH]. The van der Waals surface area contributed by atoms with Gasteiger partial charge in [0.05, 0.1) is 12.8 Å². The molecule has 0 rings (SSSR count). The van der Waals surface area contributed by atoms with Crippen LogP contribution in [0.4, 0.5) is 0 Å². The number of unbranched alkanes of at least 4 members (excludes halogenated alkanes) is 11. The number of rotatable bonds is 19. The maximum absolute atomic E-state index is 11.6. The van der Waals surface area contributed by atoms with Crippen LogP contribution >= 0.6 is 0 Å². The Morgan fingerprint density at radius 1 is 0.688 bits per heavy atom. The van der Waals surface area contributed by atoms with Crippen LogP contribution in [0.15, 0.2) is 12.2 Å². The number of hydrogen-bond donors (Lipinski definition) is 1. The molecule has 1 N–H and O–H groups in total. The van der Waals surface area contributed by atoms with Gasteiger partial charge in [-0.25, -0.2) is 0 Å². The first kappa shape index (κ1) is 33.4. The average molecular weight is 487 g/mol. The van der Waals surface area contributed by atoms with Crippen LogP contribution in [0, 0.1) is 0 Å². The Hall–Kier alpha value is -0.740. The quantitative estimate of drug-likeness (QED) is 0.0703. The predicted octanol–water partition coefficient (Wildman–Crippen LogP) is 4.57. The molecule has 0 bridgehead atoms. The zero-order valence-corrected chi connectivity index (χ0v) is 19.5. The topological polar surface area (TPSA) is 124 Å². The second-order valence-corrected chi connectivity index (χ2v) is 8.59. The summed E-state index contributed by atoms with van der Waals surface area (Å²) in [6.45, 7) is 2.23. The summed E-state index contributed by atoms with van der Waals surface area (Å²) in [6.07, 6.45) is 18.4. The van der Waals surface area contributed by atoms with Gasteiger partial charge < -0.3 is 8.92 Å². The van der Waals surface area contributed by atoms with E-state index in [4.69, 9.17) is 4.55 Å². The normalized spacial score (nSPS) is 11.2. The van der Waals surface area contributed by atoms with Gasteiger partial charge in [-0.3, -0.25) is 18.9 Å². The van der Waals surface area contributed by atoms with E-state index in [1.54, 1.807) is 0 Å². The Balaban J connectivity index is 0. The third-order valence-corrected chi connectivity index (χ3v) is 5.00. The molecular formula is C22H39NaO8S. The summed E-state index contributed by atoms with van der Waals surface area (Å²) in [6, 6.07) is 0. The van der Waals surface area contributed by atoms with Crippen LogP contribution in [0.1, 0.15) is 110 Å². The third kappa shape index (κ3) is 25.5. The number of ether oxygens (including phenoxy) is 1. The first-order valence-corrected chi connectivity index (χ1v) is 12.7. The number of allylic oxidation sites excluding steroid dienone is 2. The molecule has 0 unspecified atom stereocenters. The summed E-state index contributed by atoms with van der Waals surface area (Å²) in [5.74, 6) is -2.92. The Kier molecular flexibility index (Phi) is 23.1. The summed E-state index contributed by atoms with van der Waals surface area (Å²) < 4.78 is 37.2. The van der Waals surface area contributed by atoms with E-state index in [1.165, 1.54) is 38.5 Å². The monoisotopic (exact) mass is 486 g/mol. The molecule has 0 saturated carbocycles. The molecule has 10 heteroatoms. The van der Waals surface area contributed by atoms with Crippen LogP contribution in [-0.4, -0.2) is 60.4 Å². The van der Waals surface area contributed by atoms with Crippen molar-refractivity contribution in [2.45, 2.75) is 110 Å². The molecule has 0 atom stereocenters. The number of hydrogen-bond acceptors (Lipinski definition) is 7. The van der Waals surface area contributed by atoms with Crippen LogP contribution < -0.4 is 0 Å². The van der Waals surface area contributed by atoms with Crippen LogP contribution in [0.5, 0.6) is 0 Å². The van der Waals surface area contributed by atoms with Gasteiger partial charge in [0.1, 0.15) is 0 Å². The van der Waals surface area contributed by atoms with Crippen molar-refractivity contribution in [3.8, 4) is 0 Å². The molecule has 0 amide bonds. The minimum atomic E-state index is -4.90. The van der Waals surface area contributed by atoms with Crippen LogP contribution in [-0.2, 0) is 33.7 Å². The van der Waals surface area contributed by atoms with Gasteiger partial charge in [0.15, 0.2) is 0 Å². The fourth-order valence-corrected chi connectivity index (χ4v) is 3.25. The van der Waals surface area contributed by atoms with E-state index in [1.807, 2.05) is 0 Å². The molecule has 0 spiro atoms. The summed E-state index contributed by atoms with van der Waals surface area (Å²) in [5, 5.41) is 0. The van der Waals surface area contributed by atoms with E-state index in [0.717, 1.165) is 38.5 Å². The van der Waals surface area contributed by atoms with Gasteiger partial charge in [-0.1, -0.05) is 70.4 Å². The maximum atomic E-state index is 11.6. The van der Waals surface area contributed by atoms with Crippen molar-refractivity contribution in [1.82, 2.24) is 0 Å². The molecule has 0 aliphatic rings. The molecule has 0 fully saturated rings. The second-order valence-electron chi connectivity index (χ2n) is 7.56. The Labute approximate surface area is 215 Å². The van der Waals surface area contributed by atoms with Crippen molar-refractivity contribution < 1.29 is 36.3 Å². The van der Waals surface area contributed by atoms with E-state index >= 15 is 0 Å². The van der Waals surface area contributed by atoms with Crippen molar-refractivity contribution in [1.29, 1.82) is 0 Å². The Morgan fingerprint density at radius 3 is 1.66 bits per heavy atom. The second kappa shape index (κ2) is 22.1. The zero-order valence-electron chi connectivity index (χ0n) is 18.7. The first-order valence-electron chi connectivity index (χ1n) is 11.3. The van der Waals surface area contributed by atoms with Gasteiger partial charge in [0.2, 0.25) is 0 Å². The van der Waals surface area contributed by atoms with Crippen molar-refractivity contribution in [2.24, 2.45) is 0 Å². The van der Waals surface area contributed by atoms with E-state index in [-0.39, 0.29) is 36.0 Å². The first-order chi connectivity index (χ1) is 14.7. The molecule has 0 aromatic heterocycles. The van der Waals surface area contributed by atoms with E-state index in [2.05, 4.69) is 28.0 Å². The molecule has 0 aromatic carbocycles. The van der Waals surface area contributed by atoms with Crippen molar-refractivity contribution in [3.05, 3.63) is 12.2 Å². The van der Waals surface area contributed by atoms with Gasteiger partial charge in [-0.05, 0) is 32.1 Å². The molecule has 0 aliphatic heterocycles. The Bertz CT molecular complexity index is 646. The molecule has 0 saturated heterocycles. The van der Waals surface area contributed by atoms with E-state index in [0.29, 0.717) is 6.42 Å². The molecule has 182 valence electrons. The number of esters is 2. The molecule has 0 radical (unpaired) electrons. The zero-order chi connectivity index (χ0) is 23.4. The van der Waals surface area contributed by atoms with Crippen molar-refractivity contribution in [2.75, 3.05) is 0 Å². The summed E-state index contributed by atoms with van der Waals surface area (Å²) >= 11 is 0. The molecule has 0 heterocycles. The van der Waals surface area contributed by atoms with Gasteiger partial charge in [-0.2, -0.15) is 8.42 Å². The summed E-state index contributed by atoms with van der Waals surface area (Å²) in [4.78, 5) is 34.0. The summed E-state index contributed by atoms with van der Waals surface area (Å²) in [7, 11) is -4.90. The fraction of sp³-hybridized carbons (Fsp3) is 0.773. The molecule has 0 aromatic rings. The van der Waals surface area contributed by atoms with Crippen LogP contribution in [0.25, 0.3) is 0 Å². The minimum absolute atomic E-state index is 0. The Morgan fingerprint density at radius 2 is 1.12 bits per heavy atom. The van der Waals surface area contributed by atoms with Gasteiger partial charge in [0.25, 0.3) is 0 Å². The fourth-order valence-electron chi connectivity index (χ4n) is 2.93. The molecule has 8 nitrogen and oxygen atoms in total. The van der Waals surface area contributed by atoms with Gasteiger partial charge >= 0.3 is 57.9 Å². The third-order valence-electron chi connectivity index (χ3n) is 4.60. The number of carbonyl (C=O) groups excluding carboxylic acids is 3. The molecule has 32 heavy (non-hydrogen) atoms. The van der Waals surface area contributed by atoms with Gasteiger partial charge in [0, 0.05) is 6.42 Å². The molecular weight excluding hydrogens is 447 g/mol. The van der Waals surface area contributed by atoms with Crippen LogP contribution in [0.2, 0.25) is 0 Å². The van der Waals surface area contributed by atoms with E-state index in [9.17, 15) is 22.8 Å². The summed E-state index contributed by atoms with van der Waals surface area (Å²) in [5.41, 5.74) is 0. The van der Waals surface area contributed by atoms with E-state index < -0.39 is 41.1 Å². The number of carbonyl (C=O) groups is 3. The van der Waals surface area contributed by atoms with Gasteiger partial charge in [-0.15, -0.1) is 0 Å². The average Bonchev–Trinajstić information content (AvgIpc) is 2.68. The predicted molar refractivity (Wildman–Crippen MR) is 125 cm³/mol. The van der Waals surface area contributed by atoms with Crippen molar-refractivity contribution in [3.63, 3.8) is 0 Å². The standard InChI is InChI=1S/C22H38O8S.Na.H/c1-2-3-4-5-6-7-8-9-10-11-12-13-14-15-16-17-20(23)29-21(24)18-19-22(25)30-31(26,27)28;;/h9-10H,2-8,11-19H2,1H3,(H,26,27,28);;. The van der Waals surface area contributed by atoms with Crippen LogP contribution in [0.3, 0.4) is 0 Å². The molecule has 0 aliphatic carbocycles.